The van der Waals surface area contributed by atoms with Crippen LogP contribution < -0.4 is 11.4 Å². The predicted octanol–water partition coefficient (Wildman–Crippen LogP) is -1.57. The highest BCUT2D eigenvalue weighted by Gasteiger charge is 2.46. The number of ether oxygens (including phenoxy) is 1. The fourth-order valence-electron chi connectivity index (χ4n) is 2.00. The molecule has 16 nitrogen and oxygen atoms in total. The molecule has 2 heterocycles. The van der Waals surface area contributed by atoms with Crippen molar-refractivity contribution in [1.29, 1.82) is 0 Å². The zero-order chi connectivity index (χ0) is 20.6. The molecule has 1 aromatic rings. The van der Waals surface area contributed by atoms with E-state index in [1.165, 1.54) is 6.07 Å². The number of hydrogen-bond acceptors (Lipinski definition) is 11. The van der Waals surface area contributed by atoms with Crippen LogP contribution in [0.4, 0.5) is 5.82 Å². The van der Waals surface area contributed by atoms with Gasteiger partial charge in [-0.05, 0) is 6.07 Å². The fraction of sp³-hybridized carbons (Fsp3) is 0.500. The van der Waals surface area contributed by atoms with Gasteiger partial charge in [-0.2, -0.15) is 13.6 Å². The highest BCUT2D eigenvalue weighted by Crippen LogP contribution is 2.66. The van der Waals surface area contributed by atoms with Crippen LogP contribution in [-0.2, 0) is 31.6 Å². The van der Waals surface area contributed by atoms with Gasteiger partial charge in [0.2, 0.25) is 0 Å². The summed E-state index contributed by atoms with van der Waals surface area (Å²) in [6.45, 7) is -0.564. The Bertz CT molecular complexity index is 897. The molecule has 1 saturated heterocycles. The lowest BCUT2D eigenvalue weighted by Gasteiger charge is -2.21. The number of hydrogen-bond donors (Lipinski definition) is 6. The largest absolute Gasteiger partial charge is 0.490 e. The van der Waals surface area contributed by atoms with E-state index in [4.69, 9.17) is 25.2 Å². The van der Waals surface area contributed by atoms with E-state index in [2.05, 4.69) is 18.1 Å². The predicted molar refractivity (Wildman–Crippen MR) is 82.6 cm³/mol. The topological polar surface area (TPSA) is 250 Å². The van der Waals surface area contributed by atoms with Crippen molar-refractivity contribution in [1.82, 2.24) is 9.55 Å². The third-order valence-electron chi connectivity index (χ3n) is 2.91. The Kier molecular flexibility index (Phi) is 6.44. The standard InChI is InChI=1S/C8H14N3O13P3/c9-5-1-2-11(8(13)10-5)7-6(12)4(3-21-7)22-26(17,18)24-27(19,20)23-25(14,15)16/h1-2,4,6-7,12H,3H2,(H,17,18)(H,19,20)(H2,9,10,13)(H2,14,15,16)/t4?,6?,7-/m1/s1. The van der Waals surface area contributed by atoms with Crippen molar-refractivity contribution in [3.8, 4) is 0 Å². The SMILES string of the molecule is Nc1ccn([C@@H]2OCC(OP(=O)(O)OP(=O)(O)OP(=O)(O)O)C2O)c(=O)n1. The Balaban J connectivity index is 2.09. The number of nitrogens with zero attached hydrogens (tertiary/aromatic N) is 2. The van der Waals surface area contributed by atoms with Gasteiger partial charge in [0.25, 0.3) is 0 Å². The van der Waals surface area contributed by atoms with Crippen LogP contribution in [0.25, 0.3) is 0 Å². The molecule has 1 aromatic heterocycles. The van der Waals surface area contributed by atoms with Crippen molar-refractivity contribution in [3.05, 3.63) is 22.7 Å². The van der Waals surface area contributed by atoms with Crippen LogP contribution in [0.3, 0.4) is 0 Å². The van der Waals surface area contributed by atoms with E-state index in [9.17, 15) is 28.5 Å². The van der Waals surface area contributed by atoms with Crippen LogP contribution in [0, 0.1) is 0 Å². The minimum Gasteiger partial charge on any atom is -0.386 e. The molecule has 0 spiro atoms. The number of aromatic nitrogens is 2. The van der Waals surface area contributed by atoms with Crippen LogP contribution in [0.5, 0.6) is 0 Å². The maximum absolute atomic E-state index is 11.8. The summed E-state index contributed by atoms with van der Waals surface area (Å²) in [7, 11) is -16.7. The number of nitrogen functional groups attached to an aromatic ring is 1. The lowest BCUT2D eigenvalue weighted by Crippen LogP contribution is -2.35. The first kappa shape index (κ1) is 22.3. The number of aliphatic hydroxyl groups is 1. The maximum Gasteiger partial charge on any atom is 0.490 e. The van der Waals surface area contributed by atoms with E-state index in [1.807, 2.05) is 0 Å². The smallest absolute Gasteiger partial charge is 0.386 e. The molecule has 7 N–H and O–H groups in total. The fourth-order valence-corrected chi connectivity index (χ4v) is 5.19. The average molecular weight is 453 g/mol. The molecule has 1 fully saturated rings. The molecule has 0 saturated carbocycles. The van der Waals surface area contributed by atoms with Gasteiger partial charge in [-0.1, -0.05) is 0 Å². The molecule has 0 aromatic carbocycles. The molecule has 0 aliphatic carbocycles. The zero-order valence-electron chi connectivity index (χ0n) is 12.9. The molecule has 27 heavy (non-hydrogen) atoms. The number of phosphoric ester groups is 1. The minimum absolute atomic E-state index is 0.103. The minimum atomic E-state index is -5.70. The van der Waals surface area contributed by atoms with Crippen molar-refractivity contribution >= 4 is 29.3 Å². The Morgan fingerprint density at radius 3 is 2.37 bits per heavy atom. The van der Waals surface area contributed by atoms with E-state index in [-0.39, 0.29) is 5.82 Å². The molecule has 0 radical (unpaired) electrons. The summed E-state index contributed by atoms with van der Waals surface area (Å²) in [6, 6.07) is 1.22. The average Bonchev–Trinajstić information content (AvgIpc) is 2.75. The van der Waals surface area contributed by atoms with Crippen molar-refractivity contribution in [3.63, 3.8) is 0 Å². The molecule has 154 valence electrons. The second kappa shape index (κ2) is 7.79. The van der Waals surface area contributed by atoms with Gasteiger partial charge in [0, 0.05) is 6.20 Å². The summed E-state index contributed by atoms with van der Waals surface area (Å²) in [4.78, 5) is 50.5. The number of anilines is 1. The Hall–Kier alpha value is -0.990. The number of nitrogens with two attached hydrogens (primary N) is 1. The molecule has 0 amide bonds. The molecule has 5 atom stereocenters. The molecular weight excluding hydrogens is 439 g/mol. The summed E-state index contributed by atoms with van der Waals surface area (Å²) in [5.74, 6) is -0.103. The van der Waals surface area contributed by atoms with Gasteiger partial charge >= 0.3 is 29.2 Å². The van der Waals surface area contributed by atoms with E-state index in [0.717, 1.165) is 10.8 Å². The second-order valence-electron chi connectivity index (χ2n) is 4.99. The number of rotatable bonds is 7. The van der Waals surface area contributed by atoms with Gasteiger partial charge in [-0.25, -0.2) is 18.5 Å². The summed E-state index contributed by atoms with van der Waals surface area (Å²) in [5, 5.41) is 10.1. The normalized spacial score (nSPS) is 27.8. The summed E-state index contributed by atoms with van der Waals surface area (Å²) < 4.78 is 51.0. The third-order valence-corrected chi connectivity index (χ3v) is 6.78. The van der Waals surface area contributed by atoms with Gasteiger partial charge in [-0.3, -0.25) is 9.09 Å². The summed E-state index contributed by atoms with van der Waals surface area (Å²) in [5.41, 5.74) is 4.41. The van der Waals surface area contributed by atoms with Gasteiger partial charge in [0.15, 0.2) is 6.23 Å². The first-order valence-electron chi connectivity index (χ1n) is 6.66. The highest BCUT2D eigenvalue weighted by molar-refractivity contribution is 7.66. The Labute approximate surface area is 149 Å². The second-order valence-corrected chi connectivity index (χ2v) is 9.36. The lowest BCUT2D eigenvalue weighted by atomic mass is 10.2. The highest BCUT2D eigenvalue weighted by atomic mass is 31.3. The Morgan fingerprint density at radius 1 is 1.19 bits per heavy atom. The van der Waals surface area contributed by atoms with Crippen molar-refractivity contribution in [2.24, 2.45) is 0 Å². The monoisotopic (exact) mass is 453 g/mol. The molecule has 0 bridgehead atoms. The first-order chi connectivity index (χ1) is 12.2. The van der Waals surface area contributed by atoms with E-state index < -0.39 is 54.2 Å². The quantitative estimate of drug-likeness (QED) is 0.255. The van der Waals surface area contributed by atoms with E-state index >= 15 is 0 Å². The van der Waals surface area contributed by atoms with Crippen LogP contribution in [-0.4, -0.2) is 53.0 Å². The molecule has 19 heteroatoms. The van der Waals surface area contributed by atoms with Crippen molar-refractivity contribution in [2.75, 3.05) is 12.3 Å². The van der Waals surface area contributed by atoms with Crippen LogP contribution in [0.2, 0.25) is 0 Å². The summed E-state index contributed by atoms with van der Waals surface area (Å²) in [6.07, 6.45) is -3.64. The molecular formula is C8H14N3O13P3. The zero-order valence-corrected chi connectivity index (χ0v) is 15.6. The molecule has 1 aliphatic heterocycles. The van der Waals surface area contributed by atoms with Gasteiger partial charge in [0.05, 0.1) is 6.61 Å². The number of aliphatic hydroxyl groups excluding tert-OH is 1. The van der Waals surface area contributed by atoms with Crippen molar-refractivity contribution < 1.29 is 56.3 Å². The third kappa shape index (κ3) is 6.26. The van der Waals surface area contributed by atoms with E-state index in [1.54, 1.807) is 0 Å². The first-order valence-corrected chi connectivity index (χ1v) is 11.2. The van der Waals surface area contributed by atoms with Crippen molar-refractivity contribution in [2.45, 2.75) is 18.4 Å². The van der Waals surface area contributed by atoms with Crippen LogP contribution >= 0.6 is 23.5 Å². The number of phosphoric acid groups is 3. The van der Waals surface area contributed by atoms with E-state index in [0.29, 0.717) is 0 Å². The molecule has 1 aliphatic rings. The van der Waals surface area contributed by atoms with Crippen LogP contribution in [0.15, 0.2) is 17.1 Å². The van der Waals surface area contributed by atoms with Gasteiger partial charge < -0.3 is 35.2 Å². The lowest BCUT2D eigenvalue weighted by molar-refractivity contribution is -0.0209. The Morgan fingerprint density at radius 2 is 1.81 bits per heavy atom. The van der Waals surface area contributed by atoms with Gasteiger partial charge in [-0.15, -0.1) is 0 Å². The van der Waals surface area contributed by atoms with Gasteiger partial charge in [0.1, 0.15) is 18.0 Å². The molecule has 2 rings (SSSR count). The van der Waals surface area contributed by atoms with Crippen LogP contribution in [0.1, 0.15) is 6.23 Å². The maximum atomic E-state index is 11.8. The molecule has 4 unspecified atom stereocenters. The summed E-state index contributed by atoms with van der Waals surface area (Å²) >= 11 is 0.